The number of aliphatic hydroxyl groups excluding tert-OH is 1. The molecule has 3 nitrogen and oxygen atoms in total. The standard InChI is InChI=1S/C12H24N2O/c1-10(2)13-6-8-14(9-7-13)11-4-3-5-12(11)15/h10-12,15H,3-9H2,1-2H3/t11-,12-/m1/s1. The van der Waals surface area contributed by atoms with Crippen molar-refractivity contribution in [3.05, 3.63) is 0 Å². The second kappa shape index (κ2) is 4.81. The Morgan fingerprint density at radius 2 is 1.73 bits per heavy atom. The van der Waals surface area contributed by atoms with Crippen molar-refractivity contribution in [2.75, 3.05) is 26.2 Å². The molecule has 2 atom stereocenters. The van der Waals surface area contributed by atoms with E-state index in [2.05, 4.69) is 23.6 Å². The SMILES string of the molecule is CC(C)N1CCN([C@@H]2CCC[C@H]2O)CC1. The van der Waals surface area contributed by atoms with E-state index in [0.29, 0.717) is 12.1 Å². The number of aliphatic hydroxyl groups is 1. The van der Waals surface area contributed by atoms with E-state index in [9.17, 15) is 5.11 Å². The molecule has 2 rings (SSSR count). The lowest BCUT2D eigenvalue weighted by molar-refractivity contribution is 0.0278. The lowest BCUT2D eigenvalue weighted by atomic mass is 10.1. The molecule has 0 spiro atoms. The Bertz CT molecular complexity index is 200. The highest BCUT2D eigenvalue weighted by molar-refractivity contribution is 4.88. The maximum absolute atomic E-state index is 9.86. The van der Waals surface area contributed by atoms with Crippen LogP contribution in [0.4, 0.5) is 0 Å². The maximum Gasteiger partial charge on any atom is 0.0695 e. The fourth-order valence-corrected chi connectivity index (χ4v) is 2.93. The van der Waals surface area contributed by atoms with Crippen molar-refractivity contribution in [2.45, 2.75) is 51.3 Å². The minimum atomic E-state index is -0.0596. The average Bonchev–Trinajstić information content (AvgIpc) is 2.65. The van der Waals surface area contributed by atoms with Crippen molar-refractivity contribution < 1.29 is 5.11 Å². The van der Waals surface area contributed by atoms with Crippen LogP contribution in [0.2, 0.25) is 0 Å². The van der Waals surface area contributed by atoms with Crippen LogP contribution in [0, 0.1) is 0 Å². The van der Waals surface area contributed by atoms with E-state index in [1.165, 1.54) is 25.9 Å². The molecule has 1 saturated carbocycles. The summed E-state index contributed by atoms with van der Waals surface area (Å²) in [5.41, 5.74) is 0. The van der Waals surface area contributed by atoms with Gasteiger partial charge in [0.25, 0.3) is 0 Å². The molecule has 88 valence electrons. The van der Waals surface area contributed by atoms with E-state index in [1.807, 2.05) is 0 Å². The van der Waals surface area contributed by atoms with Crippen LogP contribution < -0.4 is 0 Å². The highest BCUT2D eigenvalue weighted by Crippen LogP contribution is 2.25. The Morgan fingerprint density at radius 1 is 1.07 bits per heavy atom. The van der Waals surface area contributed by atoms with E-state index in [-0.39, 0.29) is 6.10 Å². The molecule has 0 aromatic rings. The van der Waals surface area contributed by atoms with Gasteiger partial charge in [-0.2, -0.15) is 0 Å². The summed E-state index contributed by atoms with van der Waals surface area (Å²) in [5.74, 6) is 0. The van der Waals surface area contributed by atoms with Gasteiger partial charge in [-0.25, -0.2) is 0 Å². The van der Waals surface area contributed by atoms with Gasteiger partial charge in [0.1, 0.15) is 0 Å². The average molecular weight is 212 g/mol. The first-order valence-corrected chi connectivity index (χ1v) is 6.34. The van der Waals surface area contributed by atoms with Gasteiger partial charge in [-0.1, -0.05) is 0 Å². The van der Waals surface area contributed by atoms with Crippen molar-refractivity contribution >= 4 is 0 Å². The molecule has 1 aliphatic carbocycles. The summed E-state index contributed by atoms with van der Waals surface area (Å²) in [4.78, 5) is 5.02. The van der Waals surface area contributed by atoms with Gasteiger partial charge in [0.2, 0.25) is 0 Å². The van der Waals surface area contributed by atoms with Gasteiger partial charge in [0.15, 0.2) is 0 Å². The molecule has 0 radical (unpaired) electrons. The van der Waals surface area contributed by atoms with E-state index in [4.69, 9.17) is 0 Å². The van der Waals surface area contributed by atoms with Crippen LogP contribution in [0.5, 0.6) is 0 Å². The van der Waals surface area contributed by atoms with Crippen molar-refractivity contribution in [2.24, 2.45) is 0 Å². The van der Waals surface area contributed by atoms with Gasteiger partial charge in [-0.15, -0.1) is 0 Å². The molecule has 0 bridgehead atoms. The third kappa shape index (κ3) is 2.52. The molecular weight excluding hydrogens is 188 g/mol. The monoisotopic (exact) mass is 212 g/mol. The van der Waals surface area contributed by atoms with E-state index in [0.717, 1.165) is 19.5 Å². The van der Waals surface area contributed by atoms with E-state index in [1.54, 1.807) is 0 Å². The Balaban J connectivity index is 1.82. The van der Waals surface area contributed by atoms with Crippen LogP contribution >= 0.6 is 0 Å². The summed E-state index contributed by atoms with van der Waals surface area (Å²) in [7, 11) is 0. The van der Waals surface area contributed by atoms with Crippen LogP contribution in [0.25, 0.3) is 0 Å². The van der Waals surface area contributed by atoms with Crippen LogP contribution in [0.1, 0.15) is 33.1 Å². The largest absolute Gasteiger partial charge is 0.391 e. The van der Waals surface area contributed by atoms with E-state index >= 15 is 0 Å². The molecule has 2 fully saturated rings. The smallest absolute Gasteiger partial charge is 0.0695 e. The van der Waals surface area contributed by atoms with Crippen LogP contribution in [-0.2, 0) is 0 Å². The van der Waals surface area contributed by atoms with Crippen LogP contribution in [0.15, 0.2) is 0 Å². The van der Waals surface area contributed by atoms with Crippen molar-refractivity contribution in [3.8, 4) is 0 Å². The van der Waals surface area contributed by atoms with Gasteiger partial charge in [-0.3, -0.25) is 9.80 Å². The highest BCUT2D eigenvalue weighted by Gasteiger charge is 2.32. The first kappa shape index (κ1) is 11.4. The summed E-state index contributed by atoms with van der Waals surface area (Å²) in [5, 5.41) is 9.86. The zero-order chi connectivity index (χ0) is 10.8. The fraction of sp³-hybridized carbons (Fsp3) is 1.00. The van der Waals surface area contributed by atoms with Gasteiger partial charge in [0, 0.05) is 38.3 Å². The Morgan fingerprint density at radius 3 is 2.20 bits per heavy atom. The first-order valence-electron chi connectivity index (χ1n) is 6.34. The van der Waals surface area contributed by atoms with Gasteiger partial charge >= 0.3 is 0 Å². The summed E-state index contributed by atoms with van der Waals surface area (Å²) in [6.45, 7) is 9.14. The predicted molar refractivity (Wildman–Crippen MR) is 61.9 cm³/mol. The van der Waals surface area contributed by atoms with Crippen molar-refractivity contribution in [1.82, 2.24) is 9.80 Å². The van der Waals surface area contributed by atoms with E-state index < -0.39 is 0 Å². The molecule has 0 unspecified atom stereocenters. The lowest BCUT2D eigenvalue weighted by Crippen LogP contribution is -2.53. The molecule has 0 amide bonds. The first-order chi connectivity index (χ1) is 7.18. The number of piperazine rings is 1. The lowest BCUT2D eigenvalue weighted by Gasteiger charge is -2.40. The minimum absolute atomic E-state index is 0.0596. The summed E-state index contributed by atoms with van der Waals surface area (Å²) in [6, 6.07) is 1.12. The Kier molecular flexibility index (Phi) is 3.65. The molecule has 3 heteroatoms. The van der Waals surface area contributed by atoms with Crippen molar-refractivity contribution in [1.29, 1.82) is 0 Å². The maximum atomic E-state index is 9.86. The molecule has 15 heavy (non-hydrogen) atoms. The molecule has 1 aliphatic heterocycles. The summed E-state index contributed by atoms with van der Waals surface area (Å²) >= 11 is 0. The topological polar surface area (TPSA) is 26.7 Å². The third-order valence-electron chi connectivity index (χ3n) is 3.99. The molecule has 0 aromatic carbocycles. The predicted octanol–water partition coefficient (Wildman–Crippen LogP) is 0.926. The minimum Gasteiger partial charge on any atom is -0.391 e. The number of hydrogen-bond acceptors (Lipinski definition) is 3. The molecule has 1 saturated heterocycles. The Labute approximate surface area is 93.1 Å². The summed E-state index contributed by atoms with van der Waals surface area (Å²) < 4.78 is 0. The third-order valence-corrected chi connectivity index (χ3v) is 3.99. The zero-order valence-corrected chi connectivity index (χ0v) is 10.0. The van der Waals surface area contributed by atoms with Crippen LogP contribution in [0.3, 0.4) is 0 Å². The molecule has 1 heterocycles. The molecule has 1 N–H and O–H groups in total. The van der Waals surface area contributed by atoms with Crippen LogP contribution in [-0.4, -0.2) is 59.3 Å². The number of nitrogens with zero attached hydrogens (tertiary/aromatic N) is 2. The Hall–Kier alpha value is -0.120. The number of hydrogen-bond donors (Lipinski definition) is 1. The molecule has 2 aliphatic rings. The zero-order valence-electron chi connectivity index (χ0n) is 10.0. The second-order valence-electron chi connectivity index (χ2n) is 5.23. The normalized spacial score (nSPS) is 35.2. The molecular formula is C12H24N2O. The quantitative estimate of drug-likeness (QED) is 0.737. The van der Waals surface area contributed by atoms with Gasteiger partial charge in [-0.05, 0) is 33.1 Å². The fourth-order valence-electron chi connectivity index (χ4n) is 2.93. The molecule has 0 aromatic heterocycles. The van der Waals surface area contributed by atoms with Gasteiger partial charge < -0.3 is 5.11 Å². The highest BCUT2D eigenvalue weighted by atomic mass is 16.3. The second-order valence-corrected chi connectivity index (χ2v) is 5.23. The van der Waals surface area contributed by atoms with Gasteiger partial charge in [0.05, 0.1) is 6.10 Å². The van der Waals surface area contributed by atoms with Crippen molar-refractivity contribution in [3.63, 3.8) is 0 Å². The number of rotatable bonds is 2. The summed E-state index contributed by atoms with van der Waals surface area (Å²) in [6.07, 6.45) is 3.35.